The van der Waals surface area contributed by atoms with E-state index in [4.69, 9.17) is 11.6 Å². The summed E-state index contributed by atoms with van der Waals surface area (Å²) in [5, 5.41) is 5.03. The molecule has 0 aliphatic carbocycles. The topological polar surface area (TPSA) is 58.2 Å². The Labute approximate surface area is 151 Å². The Morgan fingerprint density at radius 2 is 1.87 bits per heavy atom. The molecule has 0 radical (unpaired) electrons. The second kappa shape index (κ2) is 6.50. The van der Waals surface area contributed by atoms with Crippen LogP contribution in [0.3, 0.4) is 0 Å². The lowest BCUT2D eigenvalue weighted by atomic mass is 10.0. The van der Waals surface area contributed by atoms with Crippen LogP contribution < -0.4 is 10.0 Å². The molecule has 2 aliphatic heterocycles. The van der Waals surface area contributed by atoms with E-state index in [-0.39, 0.29) is 18.4 Å². The van der Waals surface area contributed by atoms with Crippen LogP contribution in [0.25, 0.3) is 10.1 Å². The van der Waals surface area contributed by atoms with Crippen molar-refractivity contribution < 1.29 is 8.42 Å². The standard InChI is InChI=1S/C15H17ClN2O2S2.ClH/c16-10-1-4-14-9(5-10)6-15(21-14)22(19,20)18-13-7-11-2-3-12(8-13)17-11;/h1,4-6,11-13,17-18H,2-3,7-8H2;1H. The average molecular weight is 393 g/mol. The van der Waals surface area contributed by atoms with Crippen molar-refractivity contribution in [2.24, 2.45) is 0 Å². The first-order valence-corrected chi connectivity index (χ1v) is 10.1. The minimum atomic E-state index is -3.46. The van der Waals surface area contributed by atoms with Crippen molar-refractivity contribution in [1.29, 1.82) is 0 Å². The van der Waals surface area contributed by atoms with Crippen molar-refractivity contribution in [3.05, 3.63) is 29.3 Å². The molecule has 2 aromatic rings. The van der Waals surface area contributed by atoms with E-state index in [9.17, 15) is 8.42 Å². The molecular weight excluding hydrogens is 375 g/mol. The van der Waals surface area contributed by atoms with Gasteiger partial charge in [0.1, 0.15) is 4.21 Å². The number of hydrogen-bond acceptors (Lipinski definition) is 4. The summed E-state index contributed by atoms with van der Waals surface area (Å²) in [4.78, 5) is 0. The van der Waals surface area contributed by atoms with Crippen LogP contribution in [0, 0.1) is 0 Å². The first kappa shape index (κ1) is 17.5. The van der Waals surface area contributed by atoms with E-state index < -0.39 is 10.0 Å². The predicted molar refractivity (Wildman–Crippen MR) is 97.4 cm³/mol. The van der Waals surface area contributed by atoms with Gasteiger partial charge in [-0.2, -0.15) is 0 Å². The van der Waals surface area contributed by atoms with E-state index in [2.05, 4.69) is 10.0 Å². The van der Waals surface area contributed by atoms with Crippen LogP contribution in [-0.4, -0.2) is 26.5 Å². The normalized spacial score (nSPS) is 27.1. The van der Waals surface area contributed by atoms with Crippen LogP contribution in [0.15, 0.2) is 28.5 Å². The largest absolute Gasteiger partial charge is 0.311 e. The SMILES string of the molecule is Cl.O=S(=O)(NC1CC2CCC(C1)N2)c1cc2cc(Cl)ccc2s1. The molecule has 4 rings (SSSR count). The van der Waals surface area contributed by atoms with Crippen LogP contribution in [0.1, 0.15) is 25.7 Å². The van der Waals surface area contributed by atoms with E-state index in [1.165, 1.54) is 11.3 Å². The van der Waals surface area contributed by atoms with Crippen LogP contribution in [0.2, 0.25) is 5.02 Å². The van der Waals surface area contributed by atoms with Gasteiger partial charge in [0.25, 0.3) is 0 Å². The van der Waals surface area contributed by atoms with Gasteiger partial charge in [-0.05, 0) is 55.3 Å². The third kappa shape index (κ3) is 3.52. The summed E-state index contributed by atoms with van der Waals surface area (Å²) in [5.74, 6) is 0. The van der Waals surface area contributed by atoms with Crippen LogP contribution >= 0.6 is 35.3 Å². The number of rotatable bonds is 3. The highest BCUT2D eigenvalue weighted by Crippen LogP contribution is 2.32. The van der Waals surface area contributed by atoms with Gasteiger partial charge in [0.2, 0.25) is 10.0 Å². The van der Waals surface area contributed by atoms with Crippen molar-refractivity contribution in [2.45, 2.75) is 48.0 Å². The fourth-order valence-corrected chi connectivity index (χ4v) is 6.39. The highest BCUT2D eigenvalue weighted by Gasteiger charge is 2.35. The maximum Gasteiger partial charge on any atom is 0.250 e. The minimum Gasteiger partial charge on any atom is -0.311 e. The summed E-state index contributed by atoms with van der Waals surface area (Å²) in [7, 11) is -3.46. The molecule has 2 aliphatic rings. The van der Waals surface area contributed by atoms with E-state index >= 15 is 0 Å². The lowest BCUT2D eigenvalue weighted by Crippen LogP contribution is -2.47. The number of sulfonamides is 1. The molecule has 2 bridgehead atoms. The van der Waals surface area contributed by atoms with E-state index in [0.29, 0.717) is 21.3 Å². The fourth-order valence-electron chi connectivity index (χ4n) is 3.55. The van der Waals surface area contributed by atoms with Crippen molar-refractivity contribution in [3.8, 4) is 0 Å². The number of piperidine rings is 1. The summed E-state index contributed by atoms with van der Waals surface area (Å²) in [6.45, 7) is 0. The quantitative estimate of drug-likeness (QED) is 0.839. The molecule has 2 atom stereocenters. The Morgan fingerprint density at radius 1 is 1.17 bits per heavy atom. The number of benzene rings is 1. The van der Waals surface area contributed by atoms with Gasteiger partial charge in [-0.15, -0.1) is 23.7 Å². The summed E-state index contributed by atoms with van der Waals surface area (Å²) in [6, 6.07) is 8.14. The van der Waals surface area contributed by atoms with Gasteiger partial charge in [0.15, 0.2) is 0 Å². The molecule has 3 heterocycles. The van der Waals surface area contributed by atoms with Gasteiger partial charge < -0.3 is 5.32 Å². The molecule has 1 aromatic carbocycles. The monoisotopic (exact) mass is 392 g/mol. The van der Waals surface area contributed by atoms with E-state index in [1.807, 2.05) is 6.07 Å². The molecular formula is C15H18Cl2N2O2S2. The summed E-state index contributed by atoms with van der Waals surface area (Å²) >= 11 is 7.26. The first-order valence-electron chi connectivity index (χ1n) is 7.47. The van der Waals surface area contributed by atoms with Gasteiger partial charge in [-0.3, -0.25) is 0 Å². The van der Waals surface area contributed by atoms with Crippen molar-refractivity contribution in [3.63, 3.8) is 0 Å². The molecule has 0 saturated carbocycles. The Balaban J connectivity index is 0.00000156. The zero-order valence-corrected chi connectivity index (χ0v) is 15.5. The van der Waals surface area contributed by atoms with Crippen LogP contribution in [-0.2, 0) is 10.0 Å². The molecule has 2 fully saturated rings. The second-order valence-electron chi connectivity index (χ2n) is 6.18. The summed E-state index contributed by atoms with van der Waals surface area (Å²) in [6.07, 6.45) is 4.08. The lowest BCUT2D eigenvalue weighted by Gasteiger charge is -2.29. The number of hydrogen-bond donors (Lipinski definition) is 2. The molecule has 0 spiro atoms. The van der Waals surface area contributed by atoms with Gasteiger partial charge in [-0.25, -0.2) is 13.1 Å². The van der Waals surface area contributed by atoms with Crippen LogP contribution in [0.5, 0.6) is 0 Å². The van der Waals surface area contributed by atoms with Crippen molar-refractivity contribution >= 4 is 55.5 Å². The summed E-state index contributed by atoms with van der Waals surface area (Å²) in [5.41, 5.74) is 0. The van der Waals surface area contributed by atoms with Crippen molar-refractivity contribution in [1.82, 2.24) is 10.0 Å². The molecule has 0 amide bonds. The highest BCUT2D eigenvalue weighted by molar-refractivity contribution is 7.91. The molecule has 23 heavy (non-hydrogen) atoms. The van der Waals surface area contributed by atoms with E-state index in [0.717, 1.165) is 35.8 Å². The van der Waals surface area contributed by atoms with Gasteiger partial charge >= 0.3 is 0 Å². The fraction of sp³-hybridized carbons (Fsp3) is 0.467. The Morgan fingerprint density at radius 3 is 2.57 bits per heavy atom. The second-order valence-corrected chi connectivity index (χ2v) is 9.64. The first-order chi connectivity index (χ1) is 10.5. The maximum absolute atomic E-state index is 12.6. The Kier molecular flexibility index (Phi) is 4.93. The van der Waals surface area contributed by atoms with Gasteiger partial charge in [-0.1, -0.05) is 11.6 Å². The number of halogens is 2. The molecule has 2 unspecified atom stereocenters. The maximum atomic E-state index is 12.6. The Hall–Kier alpha value is -0.370. The average Bonchev–Trinajstić information content (AvgIpc) is 3.02. The zero-order chi connectivity index (χ0) is 15.3. The molecule has 4 nitrogen and oxygen atoms in total. The third-order valence-electron chi connectivity index (χ3n) is 4.52. The van der Waals surface area contributed by atoms with Gasteiger partial charge in [0, 0.05) is 27.8 Å². The third-order valence-corrected chi connectivity index (χ3v) is 7.86. The molecule has 126 valence electrons. The number of nitrogens with one attached hydrogen (secondary N) is 2. The summed E-state index contributed by atoms with van der Waals surface area (Å²) < 4.78 is 29.5. The van der Waals surface area contributed by atoms with E-state index in [1.54, 1.807) is 18.2 Å². The van der Waals surface area contributed by atoms with Crippen LogP contribution in [0.4, 0.5) is 0 Å². The minimum absolute atomic E-state index is 0. The van der Waals surface area contributed by atoms with Crippen molar-refractivity contribution in [2.75, 3.05) is 0 Å². The van der Waals surface area contributed by atoms with Gasteiger partial charge in [0.05, 0.1) is 0 Å². The zero-order valence-electron chi connectivity index (χ0n) is 12.3. The molecule has 8 heteroatoms. The lowest BCUT2D eigenvalue weighted by molar-refractivity contribution is 0.345. The number of fused-ring (bicyclic) bond motifs is 3. The smallest absolute Gasteiger partial charge is 0.250 e. The molecule has 2 N–H and O–H groups in total. The molecule has 2 saturated heterocycles. The molecule has 1 aromatic heterocycles. The predicted octanol–water partition coefficient (Wildman–Crippen LogP) is 3.54. The Bertz CT molecular complexity index is 810. The number of thiophene rings is 1. The highest BCUT2D eigenvalue weighted by atomic mass is 35.5.